The minimum Gasteiger partial charge on any atom is -0.293 e. The molecule has 0 spiro atoms. The summed E-state index contributed by atoms with van der Waals surface area (Å²) in [5.74, 6) is 0. The van der Waals surface area contributed by atoms with Gasteiger partial charge in [-0.05, 0) is 76.6 Å². The van der Waals surface area contributed by atoms with Crippen LogP contribution in [0.4, 0.5) is 0 Å². The van der Waals surface area contributed by atoms with Gasteiger partial charge in [0.2, 0.25) is 5.69 Å². The average molecular weight is 450 g/mol. The molecule has 2 heterocycles. The Kier molecular flexibility index (Phi) is 6.45. The van der Waals surface area contributed by atoms with Crippen molar-refractivity contribution in [1.82, 2.24) is 0 Å². The van der Waals surface area contributed by atoms with Gasteiger partial charge in [0.1, 0.15) is 0 Å². The zero-order valence-corrected chi connectivity index (χ0v) is 21.4. The molecule has 2 aromatic carbocycles. The van der Waals surface area contributed by atoms with Gasteiger partial charge in [-0.1, -0.05) is 67.1 Å². The smallest absolute Gasteiger partial charge is 0.218 e. The van der Waals surface area contributed by atoms with Crippen LogP contribution in [0, 0.1) is 12.3 Å². The van der Waals surface area contributed by atoms with E-state index < -0.39 is 0 Å². The van der Waals surface area contributed by atoms with E-state index in [2.05, 4.69) is 125 Å². The van der Waals surface area contributed by atoms with Gasteiger partial charge in [0.05, 0.1) is 12.0 Å². The lowest BCUT2D eigenvalue weighted by atomic mass is 9.62. The molecule has 3 aromatic rings. The van der Waals surface area contributed by atoms with Crippen molar-refractivity contribution < 1.29 is 4.57 Å². The molecule has 0 saturated heterocycles. The number of benzene rings is 2. The van der Waals surface area contributed by atoms with Crippen molar-refractivity contribution in [1.29, 1.82) is 0 Å². The maximum absolute atomic E-state index is 4.79. The third-order valence-electron chi connectivity index (χ3n) is 8.30. The number of fused-ring (bicyclic) bond motifs is 3. The second-order valence-corrected chi connectivity index (χ2v) is 10.1. The molecule has 0 amide bonds. The quantitative estimate of drug-likeness (QED) is 0.220. The molecule has 2 heteroatoms. The van der Waals surface area contributed by atoms with Gasteiger partial charge in [-0.3, -0.25) is 4.99 Å². The van der Waals surface area contributed by atoms with Crippen LogP contribution in [-0.4, -0.2) is 12.3 Å². The minimum atomic E-state index is -0.380. The number of aliphatic imine (C=N–C) groups is 1. The van der Waals surface area contributed by atoms with E-state index in [4.69, 9.17) is 4.99 Å². The first-order chi connectivity index (χ1) is 16.2. The Bertz CT molecular complexity index is 1270. The Balaban J connectivity index is 2.00. The summed E-state index contributed by atoms with van der Waals surface area (Å²) in [5.41, 5.74) is 9.41. The Morgan fingerprint density at radius 2 is 1.71 bits per heavy atom. The molecule has 174 valence electrons. The summed E-state index contributed by atoms with van der Waals surface area (Å²) in [6.45, 7) is 19.9. The Morgan fingerprint density at radius 3 is 2.38 bits per heavy atom. The number of rotatable bonds is 3. The standard InChI is InChI=1S/C32H37N2/c1-8-24(3)31(5)19-18-27-16-12-13-17-28(27)30-20-23(2)29(26-14-10-9-11-15-26)22-34(30)25(4)21-32(31,6)33-7/h8-17,20,22H,4,7,18-19,21H2,1-3,5-6H3/q+1/b24-8+. The summed E-state index contributed by atoms with van der Waals surface area (Å²) >= 11 is 0. The van der Waals surface area contributed by atoms with Crippen molar-refractivity contribution in [3.63, 3.8) is 0 Å². The molecular formula is C32H37N2+. The van der Waals surface area contributed by atoms with Gasteiger partial charge in [0.15, 0.2) is 11.9 Å². The fourth-order valence-electron chi connectivity index (χ4n) is 5.53. The monoisotopic (exact) mass is 449 g/mol. The van der Waals surface area contributed by atoms with Gasteiger partial charge in [0, 0.05) is 22.6 Å². The SMILES string of the molecule is C=NC1(C)CC(=C)[n+]2cc(-c3ccccc3)c(C)cc2-c2ccccc2CCC1(C)/C(C)=C/C. The highest BCUT2D eigenvalue weighted by atomic mass is 15.0. The molecular weight excluding hydrogens is 412 g/mol. The van der Waals surface area contributed by atoms with Crippen LogP contribution >= 0.6 is 0 Å². The van der Waals surface area contributed by atoms with Gasteiger partial charge in [-0.25, -0.2) is 0 Å². The molecule has 1 aromatic heterocycles. The number of aryl methyl sites for hydroxylation is 2. The first-order valence-corrected chi connectivity index (χ1v) is 12.2. The number of aromatic nitrogens is 1. The van der Waals surface area contributed by atoms with E-state index in [1.165, 1.54) is 39.1 Å². The van der Waals surface area contributed by atoms with E-state index in [9.17, 15) is 0 Å². The first-order valence-electron chi connectivity index (χ1n) is 12.2. The van der Waals surface area contributed by atoms with E-state index in [1.807, 2.05) is 0 Å². The zero-order chi connectivity index (χ0) is 24.5. The normalized spacial score (nSPS) is 23.1. The maximum Gasteiger partial charge on any atom is 0.218 e. The highest BCUT2D eigenvalue weighted by Crippen LogP contribution is 2.48. The van der Waals surface area contributed by atoms with Crippen LogP contribution in [0.2, 0.25) is 0 Å². The van der Waals surface area contributed by atoms with Crippen molar-refractivity contribution in [3.05, 3.63) is 96.2 Å². The van der Waals surface area contributed by atoms with Crippen LogP contribution in [-0.2, 0) is 6.42 Å². The Hall–Kier alpha value is -3.26. The number of pyridine rings is 1. The molecule has 2 unspecified atom stereocenters. The van der Waals surface area contributed by atoms with Crippen LogP contribution in [0.1, 0.15) is 51.7 Å². The Morgan fingerprint density at radius 1 is 1.03 bits per heavy atom. The fourth-order valence-corrected chi connectivity index (χ4v) is 5.53. The second kappa shape index (κ2) is 9.18. The molecule has 0 bridgehead atoms. The molecule has 0 aliphatic carbocycles. The number of hydrogen-bond donors (Lipinski definition) is 0. The Labute approximate surface area is 205 Å². The molecule has 1 aliphatic heterocycles. The lowest BCUT2D eigenvalue weighted by molar-refractivity contribution is -0.571. The van der Waals surface area contributed by atoms with Crippen LogP contribution < -0.4 is 4.57 Å². The number of allylic oxidation sites excluding steroid dienone is 1. The number of hydrogen-bond acceptors (Lipinski definition) is 1. The molecule has 0 fully saturated rings. The van der Waals surface area contributed by atoms with Gasteiger partial charge < -0.3 is 0 Å². The van der Waals surface area contributed by atoms with E-state index in [0.717, 1.165) is 25.0 Å². The maximum atomic E-state index is 4.79. The molecule has 2 atom stereocenters. The number of nitrogens with zero attached hydrogens (tertiary/aromatic N) is 2. The minimum absolute atomic E-state index is 0.134. The molecule has 2 nitrogen and oxygen atoms in total. The lowest BCUT2D eigenvalue weighted by Crippen LogP contribution is -2.48. The molecule has 0 radical (unpaired) electrons. The van der Waals surface area contributed by atoms with Crippen LogP contribution in [0.15, 0.2) is 90.1 Å². The lowest BCUT2D eigenvalue weighted by Gasteiger charge is -2.45. The van der Waals surface area contributed by atoms with E-state index in [-0.39, 0.29) is 11.0 Å². The van der Waals surface area contributed by atoms with Crippen molar-refractivity contribution in [2.75, 3.05) is 0 Å². The summed E-state index contributed by atoms with van der Waals surface area (Å²) in [4.78, 5) is 4.79. The third kappa shape index (κ3) is 3.96. The topological polar surface area (TPSA) is 16.2 Å². The van der Waals surface area contributed by atoms with Crippen molar-refractivity contribution >= 4 is 12.4 Å². The molecule has 0 saturated carbocycles. The summed E-state index contributed by atoms with van der Waals surface area (Å²) in [6.07, 6.45) is 7.22. The van der Waals surface area contributed by atoms with Gasteiger partial charge in [-0.15, -0.1) is 0 Å². The van der Waals surface area contributed by atoms with Crippen molar-refractivity contribution in [2.24, 2.45) is 10.4 Å². The summed E-state index contributed by atoms with van der Waals surface area (Å²) in [5, 5.41) is 0. The van der Waals surface area contributed by atoms with Crippen molar-refractivity contribution in [3.8, 4) is 22.4 Å². The van der Waals surface area contributed by atoms with Crippen molar-refractivity contribution in [2.45, 2.75) is 59.4 Å². The predicted octanol–water partition coefficient (Wildman–Crippen LogP) is 7.86. The molecule has 0 N–H and O–H groups in total. The molecule has 34 heavy (non-hydrogen) atoms. The van der Waals surface area contributed by atoms with Gasteiger partial charge >= 0.3 is 0 Å². The van der Waals surface area contributed by atoms with E-state index in [0.29, 0.717) is 0 Å². The summed E-state index contributed by atoms with van der Waals surface area (Å²) in [6, 6.07) is 21.7. The first kappa shape index (κ1) is 23.9. The third-order valence-corrected chi connectivity index (χ3v) is 8.30. The summed E-state index contributed by atoms with van der Waals surface area (Å²) < 4.78 is 2.30. The highest BCUT2D eigenvalue weighted by molar-refractivity contribution is 5.70. The van der Waals surface area contributed by atoms with E-state index >= 15 is 0 Å². The molecule has 1 aliphatic rings. The van der Waals surface area contributed by atoms with Crippen LogP contribution in [0.25, 0.3) is 28.1 Å². The predicted molar refractivity (Wildman–Crippen MR) is 146 cm³/mol. The highest BCUT2D eigenvalue weighted by Gasteiger charge is 2.47. The van der Waals surface area contributed by atoms with Crippen LogP contribution in [0.5, 0.6) is 0 Å². The molecule has 4 rings (SSSR count). The zero-order valence-electron chi connectivity index (χ0n) is 21.4. The van der Waals surface area contributed by atoms with Crippen LogP contribution in [0.3, 0.4) is 0 Å². The fraction of sp³-hybridized carbons (Fsp3) is 0.312. The average Bonchev–Trinajstić information content (AvgIpc) is 2.86. The van der Waals surface area contributed by atoms with Gasteiger partial charge in [0.25, 0.3) is 0 Å². The largest absolute Gasteiger partial charge is 0.293 e. The second-order valence-electron chi connectivity index (χ2n) is 10.1. The van der Waals surface area contributed by atoms with E-state index in [1.54, 1.807) is 0 Å². The summed E-state index contributed by atoms with van der Waals surface area (Å²) in [7, 11) is 0. The van der Waals surface area contributed by atoms with Gasteiger partial charge in [-0.2, -0.15) is 4.57 Å².